The number of nitrogens with zero attached hydrogens (tertiary/aromatic N) is 3. The second kappa shape index (κ2) is 7.53. The predicted molar refractivity (Wildman–Crippen MR) is 98.7 cm³/mol. The molecule has 8 nitrogen and oxygen atoms in total. The van der Waals surface area contributed by atoms with Crippen LogP contribution in [0.15, 0.2) is 45.9 Å². The first-order chi connectivity index (χ1) is 12.8. The lowest BCUT2D eigenvalue weighted by Gasteiger charge is -2.11. The topological polar surface area (TPSA) is 94.6 Å². The maximum absolute atomic E-state index is 12.4. The number of hydrogen-bond donors (Lipinski definition) is 0. The maximum Gasteiger partial charge on any atom is 0.374 e. The van der Waals surface area contributed by atoms with Crippen molar-refractivity contribution in [1.29, 1.82) is 0 Å². The number of carbonyl (C=O) groups is 1. The first-order valence-electron chi connectivity index (χ1n) is 8.47. The van der Waals surface area contributed by atoms with E-state index in [0.717, 1.165) is 16.2 Å². The molecule has 0 radical (unpaired) electrons. The van der Waals surface area contributed by atoms with Gasteiger partial charge in [-0.25, -0.2) is 22.5 Å². The van der Waals surface area contributed by atoms with E-state index >= 15 is 0 Å². The molecule has 0 fully saturated rings. The minimum absolute atomic E-state index is 0.0377. The zero-order valence-corrected chi connectivity index (χ0v) is 16.2. The van der Waals surface area contributed by atoms with Gasteiger partial charge in [0, 0.05) is 20.6 Å². The van der Waals surface area contributed by atoms with Crippen LogP contribution < -0.4 is 0 Å². The molecule has 0 bridgehead atoms. The van der Waals surface area contributed by atoms with E-state index in [-0.39, 0.29) is 17.3 Å². The molecule has 3 aromatic rings. The number of aromatic nitrogens is 2. The van der Waals surface area contributed by atoms with E-state index in [0.29, 0.717) is 17.9 Å². The van der Waals surface area contributed by atoms with Crippen molar-refractivity contribution in [1.82, 2.24) is 13.9 Å². The van der Waals surface area contributed by atoms with Gasteiger partial charge in [0.05, 0.1) is 22.2 Å². The SMILES string of the molecule is CCCn1c(COC(=O)c2ccco2)nc2cc(S(=O)(=O)N(C)C)ccc21. The van der Waals surface area contributed by atoms with Crippen LogP contribution in [0.3, 0.4) is 0 Å². The Kier molecular flexibility index (Phi) is 5.33. The third-order valence-corrected chi connectivity index (χ3v) is 5.89. The Balaban J connectivity index is 1.94. The van der Waals surface area contributed by atoms with Crippen molar-refractivity contribution in [2.45, 2.75) is 31.4 Å². The van der Waals surface area contributed by atoms with E-state index in [1.807, 2.05) is 11.5 Å². The van der Waals surface area contributed by atoms with Gasteiger partial charge in [-0.1, -0.05) is 6.92 Å². The van der Waals surface area contributed by atoms with Gasteiger partial charge in [-0.2, -0.15) is 0 Å². The van der Waals surface area contributed by atoms with E-state index in [9.17, 15) is 13.2 Å². The van der Waals surface area contributed by atoms with Crippen LogP contribution in [0.2, 0.25) is 0 Å². The molecule has 0 aliphatic rings. The summed E-state index contributed by atoms with van der Waals surface area (Å²) in [6, 6.07) is 7.95. The number of sulfonamides is 1. The lowest BCUT2D eigenvalue weighted by Crippen LogP contribution is -2.22. The quantitative estimate of drug-likeness (QED) is 0.575. The van der Waals surface area contributed by atoms with Gasteiger partial charge < -0.3 is 13.7 Å². The zero-order chi connectivity index (χ0) is 19.6. The lowest BCUT2D eigenvalue weighted by atomic mass is 10.3. The molecule has 0 spiro atoms. The van der Waals surface area contributed by atoms with E-state index in [1.54, 1.807) is 18.2 Å². The Hall–Kier alpha value is -2.65. The highest BCUT2D eigenvalue weighted by atomic mass is 32.2. The average Bonchev–Trinajstić information content (AvgIpc) is 3.28. The number of benzene rings is 1. The van der Waals surface area contributed by atoms with Gasteiger partial charge in [-0.3, -0.25) is 0 Å². The molecule has 0 N–H and O–H groups in total. The van der Waals surface area contributed by atoms with Gasteiger partial charge in [0.2, 0.25) is 15.8 Å². The number of rotatable bonds is 7. The summed E-state index contributed by atoms with van der Waals surface area (Å²) in [5.41, 5.74) is 1.33. The minimum Gasteiger partial charge on any atom is -0.457 e. The highest BCUT2D eigenvalue weighted by Crippen LogP contribution is 2.23. The van der Waals surface area contributed by atoms with Crippen molar-refractivity contribution in [3.05, 3.63) is 48.2 Å². The summed E-state index contributed by atoms with van der Waals surface area (Å²) in [6.07, 6.45) is 2.25. The largest absolute Gasteiger partial charge is 0.457 e. The Morgan fingerprint density at radius 1 is 1.30 bits per heavy atom. The molecule has 27 heavy (non-hydrogen) atoms. The third kappa shape index (κ3) is 3.74. The van der Waals surface area contributed by atoms with Gasteiger partial charge in [0.25, 0.3) is 0 Å². The predicted octanol–water partition coefficient (Wildman–Crippen LogP) is 2.65. The van der Waals surface area contributed by atoms with Crippen molar-refractivity contribution < 1.29 is 22.4 Å². The monoisotopic (exact) mass is 391 g/mol. The molecule has 2 aromatic heterocycles. The first kappa shape index (κ1) is 19.1. The van der Waals surface area contributed by atoms with Gasteiger partial charge in [-0.05, 0) is 36.8 Å². The van der Waals surface area contributed by atoms with Crippen LogP contribution in [0, 0.1) is 0 Å². The molecule has 3 rings (SSSR count). The van der Waals surface area contributed by atoms with Crippen molar-refractivity contribution in [3.8, 4) is 0 Å². The molecular formula is C18H21N3O5S. The normalized spacial score (nSPS) is 12.0. The fourth-order valence-corrected chi connectivity index (χ4v) is 3.63. The number of furan rings is 1. The maximum atomic E-state index is 12.4. The summed E-state index contributed by atoms with van der Waals surface area (Å²) in [5.74, 6) is 0.0876. The fraction of sp³-hybridized carbons (Fsp3) is 0.333. The standard InChI is InChI=1S/C18H21N3O5S/c1-4-9-21-15-8-7-13(27(23,24)20(2)3)11-14(15)19-17(21)12-26-18(22)16-6-5-10-25-16/h5-8,10-11H,4,9,12H2,1-3H3. The summed E-state index contributed by atoms with van der Waals surface area (Å²) in [5, 5.41) is 0. The van der Waals surface area contributed by atoms with Crippen LogP contribution in [0.25, 0.3) is 11.0 Å². The van der Waals surface area contributed by atoms with Gasteiger partial charge in [0.1, 0.15) is 12.4 Å². The lowest BCUT2D eigenvalue weighted by molar-refractivity contribution is 0.0422. The molecule has 0 atom stereocenters. The van der Waals surface area contributed by atoms with Crippen molar-refractivity contribution in [3.63, 3.8) is 0 Å². The third-order valence-electron chi connectivity index (χ3n) is 4.08. The molecule has 144 valence electrons. The molecule has 0 aliphatic carbocycles. The van der Waals surface area contributed by atoms with Gasteiger partial charge in [0.15, 0.2) is 0 Å². The molecule has 9 heteroatoms. The fourth-order valence-electron chi connectivity index (χ4n) is 2.71. The van der Waals surface area contributed by atoms with Crippen LogP contribution in [0.5, 0.6) is 0 Å². The Labute approximate surface area is 157 Å². The highest BCUT2D eigenvalue weighted by Gasteiger charge is 2.20. The van der Waals surface area contributed by atoms with Gasteiger partial charge >= 0.3 is 5.97 Å². The summed E-state index contributed by atoms with van der Waals surface area (Å²) < 4.78 is 38.1. The van der Waals surface area contributed by atoms with E-state index < -0.39 is 16.0 Å². The summed E-state index contributed by atoms with van der Waals surface area (Å²) in [7, 11) is -0.591. The van der Waals surface area contributed by atoms with Crippen LogP contribution in [0.4, 0.5) is 0 Å². The molecule has 2 heterocycles. The van der Waals surface area contributed by atoms with Crippen molar-refractivity contribution in [2.24, 2.45) is 0 Å². The smallest absolute Gasteiger partial charge is 0.374 e. The van der Waals surface area contributed by atoms with E-state index in [2.05, 4.69) is 4.98 Å². The second-order valence-electron chi connectivity index (χ2n) is 6.17. The molecule has 0 saturated carbocycles. The van der Waals surface area contributed by atoms with E-state index in [4.69, 9.17) is 9.15 Å². The van der Waals surface area contributed by atoms with E-state index in [1.165, 1.54) is 32.5 Å². The number of imidazole rings is 1. The van der Waals surface area contributed by atoms with Crippen LogP contribution in [-0.4, -0.2) is 42.3 Å². The summed E-state index contributed by atoms with van der Waals surface area (Å²) >= 11 is 0. The number of fused-ring (bicyclic) bond motifs is 1. The highest BCUT2D eigenvalue weighted by molar-refractivity contribution is 7.89. The number of ether oxygens (including phenoxy) is 1. The number of carbonyl (C=O) groups excluding carboxylic acids is 1. The summed E-state index contributed by atoms with van der Waals surface area (Å²) in [4.78, 5) is 16.6. The van der Waals surface area contributed by atoms with Crippen molar-refractivity contribution in [2.75, 3.05) is 14.1 Å². The Morgan fingerprint density at radius 3 is 2.70 bits per heavy atom. The van der Waals surface area contributed by atoms with Crippen LogP contribution in [0.1, 0.15) is 29.7 Å². The molecule has 0 unspecified atom stereocenters. The molecule has 0 aliphatic heterocycles. The Bertz CT molecular complexity index is 1050. The average molecular weight is 391 g/mol. The molecule has 0 saturated heterocycles. The first-order valence-corrected chi connectivity index (χ1v) is 9.91. The number of esters is 1. The molecule has 0 amide bonds. The summed E-state index contributed by atoms with van der Waals surface area (Å²) in [6.45, 7) is 2.66. The van der Waals surface area contributed by atoms with Crippen LogP contribution >= 0.6 is 0 Å². The molecule has 1 aromatic carbocycles. The van der Waals surface area contributed by atoms with Crippen molar-refractivity contribution >= 4 is 27.0 Å². The zero-order valence-electron chi connectivity index (χ0n) is 15.4. The second-order valence-corrected chi connectivity index (χ2v) is 8.32. The number of aryl methyl sites for hydroxylation is 1. The minimum atomic E-state index is -3.55. The Morgan fingerprint density at radius 2 is 2.07 bits per heavy atom. The number of hydrogen-bond acceptors (Lipinski definition) is 6. The van der Waals surface area contributed by atoms with Crippen LogP contribution in [-0.2, 0) is 27.9 Å². The van der Waals surface area contributed by atoms with Gasteiger partial charge in [-0.15, -0.1) is 0 Å². The molecular weight excluding hydrogens is 370 g/mol.